The summed E-state index contributed by atoms with van der Waals surface area (Å²) in [6, 6.07) is 7.67. The SMILES string of the molecule is COC(=O)CN(CC(=O)OC)C(=O)Cc1csc(COc2ccc(C)cc2)n1. The van der Waals surface area contributed by atoms with Gasteiger partial charge in [-0.05, 0) is 19.1 Å². The molecule has 150 valence electrons. The van der Waals surface area contributed by atoms with Crippen LogP contribution in [0.3, 0.4) is 0 Å². The quantitative estimate of drug-likeness (QED) is 0.586. The van der Waals surface area contributed by atoms with Gasteiger partial charge in [0.05, 0.1) is 26.3 Å². The standard InChI is InChI=1S/C19H22N2O6S/c1-13-4-6-15(7-5-13)27-11-16-20-14(12-28-16)8-17(22)21(9-18(23)25-2)10-19(24)26-3/h4-7,12H,8-11H2,1-3H3. The summed E-state index contributed by atoms with van der Waals surface area (Å²) >= 11 is 1.37. The van der Waals surface area contributed by atoms with Gasteiger partial charge in [0.1, 0.15) is 30.5 Å². The van der Waals surface area contributed by atoms with Gasteiger partial charge >= 0.3 is 11.9 Å². The number of rotatable bonds is 9. The van der Waals surface area contributed by atoms with E-state index in [9.17, 15) is 14.4 Å². The Labute approximate surface area is 167 Å². The minimum atomic E-state index is -0.622. The zero-order valence-corrected chi connectivity index (χ0v) is 16.8. The number of nitrogens with zero attached hydrogens (tertiary/aromatic N) is 2. The number of aromatic nitrogens is 1. The van der Waals surface area contributed by atoms with Gasteiger partial charge in [-0.1, -0.05) is 17.7 Å². The molecule has 1 aromatic carbocycles. The molecule has 0 bridgehead atoms. The fourth-order valence-corrected chi connectivity index (χ4v) is 2.92. The fourth-order valence-electron chi connectivity index (χ4n) is 2.22. The first-order chi connectivity index (χ1) is 13.4. The highest BCUT2D eigenvalue weighted by Gasteiger charge is 2.22. The van der Waals surface area contributed by atoms with Crippen LogP contribution in [-0.2, 0) is 36.9 Å². The van der Waals surface area contributed by atoms with E-state index >= 15 is 0 Å². The number of benzene rings is 1. The summed E-state index contributed by atoms with van der Waals surface area (Å²) in [6.07, 6.45) is -0.0466. The van der Waals surface area contributed by atoms with Crippen molar-refractivity contribution in [1.82, 2.24) is 9.88 Å². The molecule has 0 aliphatic carbocycles. The Balaban J connectivity index is 1.94. The molecule has 0 unspecified atom stereocenters. The third-order valence-electron chi connectivity index (χ3n) is 3.76. The van der Waals surface area contributed by atoms with E-state index in [2.05, 4.69) is 14.5 Å². The van der Waals surface area contributed by atoms with Crippen LogP contribution in [0.15, 0.2) is 29.6 Å². The average molecular weight is 406 g/mol. The number of methoxy groups -OCH3 is 2. The van der Waals surface area contributed by atoms with Crippen molar-refractivity contribution in [3.63, 3.8) is 0 Å². The van der Waals surface area contributed by atoms with E-state index in [0.29, 0.717) is 5.69 Å². The van der Waals surface area contributed by atoms with Crippen molar-refractivity contribution >= 4 is 29.2 Å². The molecular weight excluding hydrogens is 384 g/mol. The van der Waals surface area contributed by atoms with Crippen LogP contribution in [0.5, 0.6) is 5.75 Å². The largest absolute Gasteiger partial charge is 0.486 e. The predicted molar refractivity (Wildman–Crippen MR) is 102 cm³/mol. The molecule has 2 rings (SSSR count). The number of carbonyl (C=O) groups is 3. The van der Waals surface area contributed by atoms with Crippen LogP contribution in [0, 0.1) is 6.92 Å². The average Bonchev–Trinajstić information content (AvgIpc) is 3.13. The van der Waals surface area contributed by atoms with E-state index in [4.69, 9.17) is 4.74 Å². The molecule has 1 aromatic heterocycles. The molecule has 28 heavy (non-hydrogen) atoms. The molecule has 0 aliphatic rings. The highest BCUT2D eigenvalue weighted by molar-refractivity contribution is 7.09. The van der Waals surface area contributed by atoms with E-state index < -0.39 is 17.8 Å². The number of ether oxygens (including phenoxy) is 3. The Morgan fingerprint density at radius 1 is 1.04 bits per heavy atom. The number of aryl methyl sites for hydroxylation is 1. The Bertz CT molecular complexity index is 800. The molecule has 0 aliphatic heterocycles. The van der Waals surface area contributed by atoms with Crippen molar-refractivity contribution in [3.8, 4) is 5.75 Å². The van der Waals surface area contributed by atoms with Gasteiger partial charge in [0, 0.05) is 5.38 Å². The van der Waals surface area contributed by atoms with Crippen LogP contribution in [-0.4, -0.2) is 55.0 Å². The number of hydrogen-bond donors (Lipinski definition) is 0. The topological polar surface area (TPSA) is 95.0 Å². The number of thiazole rings is 1. The second kappa shape index (κ2) is 10.4. The lowest BCUT2D eigenvalue weighted by Crippen LogP contribution is -2.41. The minimum absolute atomic E-state index is 0.0466. The first-order valence-electron chi connectivity index (χ1n) is 8.45. The maximum Gasteiger partial charge on any atom is 0.325 e. The number of carbonyl (C=O) groups excluding carboxylic acids is 3. The molecule has 8 nitrogen and oxygen atoms in total. The summed E-state index contributed by atoms with van der Waals surface area (Å²) < 4.78 is 14.8. The van der Waals surface area contributed by atoms with Crippen molar-refractivity contribution in [2.24, 2.45) is 0 Å². The Hall–Kier alpha value is -2.94. The molecule has 0 radical (unpaired) electrons. The van der Waals surface area contributed by atoms with E-state index in [1.165, 1.54) is 25.6 Å². The van der Waals surface area contributed by atoms with Crippen LogP contribution in [0.1, 0.15) is 16.3 Å². The molecule has 0 atom stereocenters. The lowest BCUT2D eigenvalue weighted by molar-refractivity contribution is -0.151. The van der Waals surface area contributed by atoms with Crippen molar-refractivity contribution in [2.75, 3.05) is 27.3 Å². The lowest BCUT2D eigenvalue weighted by Gasteiger charge is -2.19. The number of amides is 1. The molecule has 0 saturated heterocycles. The second-order valence-electron chi connectivity index (χ2n) is 5.91. The van der Waals surface area contributed by atoms with Gasteiger partial charge in [0.2, 0.25) is 5.91 Å². The summed E-state index contributed by atoms with van der Waals surface area (Å²) in [4.78, 5) is 40.9. The highest BCUT2D eigenvalue weighted by atomic mass is 32.1. The fraction of sp³-hybridized carbons (Fsp3) is 0.368. The van der Waals surface area contributed by atoms with Crippen molar-refractivity contribution in [3.05, 3.63) is 45.9 Å². The van der Waals surface area contributed by atoms with Crippen LogP contribution >= 0.6 is 11.3 Å². The number of esters is 2. The monoisotopic (exact) mass is 406 g/mol. The Kier molecular flexibility index (Phi) is 7.94. The maximum atomic E-state index is 12.5. The van der Waals surface area contributed by atoms with E-state index in [1.807, 2.05) is 31.2 Å². The van der Waals surface area contributed by atoms with Gasteiger partial charge in [-0.2, -0.15) is 0 Å². The van der Waals surface area contributed by atoms with E-state index in [0.717, 1.165) is 21.2 Å². The lowest BCUT2D eigenvalue weighted by atomic mass is 10.2. The van der Waals surface area contributed by atoms with E-state index in [1.54, 1.807) is 5.38 Å². The summed E-state index contributed by atoms with van der Waals surface area (Å²) in [6.45, 7) is 1.61. The first kappa shape index (κ1) is 21.4. The van der Waals surface area contributed by atoms with Crippen molar-refractivity contribution < 1.29 is 28.6 Å². The minimum Gasteiger partial charge on any atom is -0.486 e. The van der Waals surface area contributed by atoms with Gasteiger partial charge in [-0.25, -0.2) is 4.98 Å². The molecular formula is C19H22N2O6S. The van der Waals surface area contributed by atoms with E-state index in [-0.39, 0.29) is 26.1 Å². The Morgan fingerprint density at radius 3 is 2.21 bits per heavy atom. The molecule has 2 aromatic rings. The molecule has 0 spiro atoms. The second-order valence-corrected chi connectivity index (χ2v) is 6.86. The van der Waals surface area contributed by atoms with Crippen LogP contribution in [0.25, 0.3) is 0 Å². The Morgan fingerprint density at radius 2 is 1.64 bits per heavy atom. The third-order valence-corrected chi connectivity index (χ3v) is 4.63. The van der Waals surface area contributed by atoms with Crippen molar-refractivity contribution in [2.45, 2.75) is 20.0 Å². The number of hydrogen-bond acceptors (Lipinski definition) is 8. The molecule has 0 saturated carbocycles. The van der Waals surface area contributed by atoms with Crippen LogP contribution in [0.2, 0.25) is 0 Å². The normalized spacial score (nSPS) is 10.2. The van der Waals surface area contributed by atoms with Gasteiger partial charge in [0.15, 0.2) is 0 Å². The molecule has 0 N–H and O–H groups in total. The van der Waals surface area contributed by atoms with Crippen molar-refractivity contribution in [1.29, 1.82) is 0 Å². The van der Waals surface area contributed by atoms with Gasteiger partial charge in [-0.15, -0.1) is 11.3 Å². The maximum absolute atomic E-state index is 12.5. The van der Waals surface area contributed by atoms with Gasteiger partial charge in [0.25, 0.3) is 0 Å². The molecule has 9 heteroatoms. The highest BCUT2D eigenvalue weighted by Crippen LogP contribution is 2.16. The summed E-state index contributed by atoms with van der Waals surface area (Å²) in [5.74, 6) is -0.932. The van der Waals surface area contributed by atoms with Gasteiger partial charge in [-0.3, -0.25) is 14.4 Å². The molecule has 1 amide bonds. The van der Waals surface area contributed by atoms with Crippen LogP contribution < -0.4 is 4.74 Å². The third kappa shape index (κ3) is 6.66. The summed E-state index contributed by atoms with van der Waals surface area (Å²) in [5.41, 5.74) is 1.68. The zero-order chi connectivity index (χ0) is 20.5. The predicted octanol–water partition coefficient (Wildman–Crippen LogP) is 1.75. The smallest absolute Gasteiger partial charge is 0.325 e. The summed E-state index contributed by atoms with van der Waals surface area (Å²) in [5, 5.41) is 2.47. The van der Waals surface area contributed by atoms with Crippen LogP contribution in [0.4, 0.5) is 0 Å². The zero-order valence-electron chi connectivity index (χ0n) is 16.0. The molecule has 0 fully saturated rings. The summed E-state index contributed by atoms with van der Waals surface area (Å²) in [7, 11) is 2.42. The first-order valence-corrected chi connectivity index (χ1v) is 9.33. The molecule has 1 heterocycles. The van der Waals surface area contributed by atoms with Gasteiger partial charge < -0.3 is 19.1 Å².